The van der Waals surface area contributed by atoms with Crippen LogP contribution in [0.25, 0.3) is 32.6 Å². The maximum absolute atomic E-state index is 13.1. The average Bonchev–Trinajstić information content (AvgIpc) is 2.87. The van der Waals surface area contributed by atoms with Crippen LogP contribution in [0, 0.1) is 0 Å². The Morgan fingerprint density at radius 3 is 1.83 bits per heavy atom. The van der Waals surface area contributed by atoms with Crippen molar-refractivity contribution in [2.24, 2.45) is 0 Å². The van der Waals surface area contributed by atoms with E-state index in [0.29, 0.717) is 38.3 Å². The molecule has 0 aliphatic heterocycles. The van der Waals surface area contributed by atoms with Crippen molar-refractivity contribution < 1.29 is 29.2 Å². The summed E-state index contributed by atoms with van der Waals surface area (Å²) in [5, 5.41) is 23.1. The number of fused-ring (bicyclic) bond motifs is 3. The summed E-state index contributed by atoms with van der Waals surface area (Å²) in [6.45, 7) is 1.75. The summed E-state index contributed by atoms with van der Waals surface area (Å²) in [7, 11) is 0. The Balaban J connectivity index is 2.01. The van der Waals surface area contributed by atoms with Crippen molar-refractivity contribution >= 4 is 50.3 Å². The van der Waals surface area contributed by atoms with E-state index in [4.69, 9.17) is 0 Å². The molecular weight excluding hydrogens is 442 g/mol. The van der Waals surface area contributed by atoms with Gasteiger partial charge in [0.2, 0.25) is 11.0 Å². The molecule has 1 heterocycles. The van der Waals surface area contributed by atoms with E-state index >= 15 is 0 Å². The van der Waals surface area contributed by atoms with Gasteiger partial charge in [0.05, 0.1) is 21.9 Å². The van der Waals surface area contributed by atoms with E-state index in [-0.39, 0.29) is 17.8 Å². The highest BCUT2D eigenvalue weighted by atomic mass is 16.4. The molecule has 5 aromatic rings. The number of pyridine rings is 1. The minimum atomic E-state index is -1.27. The molecule has 1 aromatic heterocycles. The number of carboxylic acid groups (broad SMARTS) is 2. The number of aliphatic carboxylic acids is 1. The maximum atomic E-state index is 13.1. The van der Waals surface area contributed by atoms with Crippen LogP contribution in [0.3, 0.4) is 0 Å². The average molecular weight is 464 g/mol. The van der Waals surface area contributed by atoms with Gasteiger partial charge in [0.25, 0.3) is 6.04 Å². The van der Waals surface area contributed by atoms with Crippen molar-refractivity contribution in [3.8, 4) is 0 Å². The Labute approximate surface area is 200 Å². The van der Waals surface area contributed by atoms with Crippen LogP contribution in [0.4, 0.5) is 0 Å². The van der Waals surface area contributed by atoms with Crippen LogP contribution >= 0.6 is 0 Å². The van der Waals surface area contributed by atoms with Crippen LogP contribution in [0.5, 0.6) is 0 Å². The summed E-state index contributed by atoms with van der Waals surface area (Å²) in [5.74, 6) is -2.40. The Morgan fingerprint density at radius 1 is 0.743 bits per heavy atom. The third-order valence-electron chi connectivity index (χ3n) is 6.44. The van der Waals surface area contributed by atoms with Gasteiger partial charge in [-0.1, -0.05) is 67.6 Å². The highest BCUT2D eigenvalue weighted by molar-refractivity contribution is 6.12. The topological polar surface area (TPSA) is 95.6 Å². The minimum Gasteiger partial charge on any atom is -0.478 e. The number of benzene rings is 4. The second kappa shape index (κ2) is 8.65. The Hall–Kier alpha value is -4.58. The number of carbonyl (C=O) groups excluding carboxylic acids is 1. The normalized spacial score (nSPS) is 12.1. The molecule has 0 spiro atoms. The third kappa shape index (κ3) is 3.51. The maximum Gasteiger partial charge on any atom is 0.378 e. The van der Waals surface area contributed by atoms with Crippen molar-refractivity contribution in [2.75, 3.05) is 0 Å². The number of rotatable bonds is 6. The molecule has 0 saturated heterocycles. The molecule has 172 valence electrons. The summed E-state index contributed by atoms with van der Waals surface area (Å²) in [6.07, 6.45) is 0.224. The van der Waals surface area contributed by atoms with Gasteiger partial charge in [-0.05, 0) is 22.9 Å². The molecule has 1 atom stereocenters. The van der Waals surface area contributed by atoms with Gasteiger partial charge in [-0.3, -0.25) is 4.79 Å². The molecule has 4 aromatic carbocycles. The van der Waals surface area contributed by atoms with Crippen molar-refractivity contribution in [1.29, 1.82) is 0 Å². The molecule has 2 N–H and O–H groups in total. The molecule has 5 rings (SSSR count). The molecule has 0 saturated carbocycles. The predicted molar refractivity (Wildman–Crippen MR) is 133 cm³/mol. The van der Waals surface area contributed by atoms with Gasteiger partial charge >= 0.3 is 11.9 Å². The van der Waals surface area contributed by atoms with Crippen LogP contribution in [0.15, 0.2) is 84.9 Å². The summed E-state index contributed by atoms with van der Waals surface area (Å²) < 4.78 is 1.65. The zero-order valence-electron chi connectivity index (χ0n) is 18.9. The third-order valence-corrected chi connectivity index (χ3v) is 6.44. The predicted octanol–water partition coefficient (Wildman–Crippen LogP) is 5.40. The first kappa shape index (κ1) is 22.2. The fourth-order valence-electron chi connectivity index (χ4n) is 4.96. The van der Waals surface area contributed by atoms with Crippen LogP contribution in [-0.2, 0) is 4.79 Å². The highest BCUT2D eigenvalue weighted by Crippen LogP contribution is 2.33. The number of hydrogen-bond acceptors (Lipinski definition) is 3. The number of Topliss-reactive ketones (excluding diaryl/α,β-unsaturated/α-hetero) is 1. The zero-order valence-corrected chi connectivity index (χ0v) is 18.9. The van der Waals surface area contributed by atoms with Crippen LogP contribution in [-0.4, -0.2) is 27.9 Å². The van der Waals surface area contributed by atoms with Gasteiger partial charge in [0, 0.05) is 24.1 Å². The lowest BCUT2D eigenvalue weighted by molar-refractivity contribution is -0.650. The monoisotopic (exact) mass is 464 g/mol. The molecule has 0 aliphatic carbocycles. The number of aromatic carboxylic acids is 1. The summed E-state index contributed by atoms with van der Waals surface area (Å²) in [4.78, 5) is 38.4. The molecule has 6 heteroatoms. The second-order valence-electron chi connectivity index (χ2n) is 8.35. The van der Waals surface area contributed by atoms with E-state index in [9.17, 15) is 24.6 Å². The van der Waals surface area contributed by atoms with E-state index in [1.54, 1.807) is 66.1 Å². The van der Waals surface area contributed by atoms with Crippen molar-refractivity contribution in [3.05, 3.63) is 102 Å². The van der Waals surface area contributed by atoms with Gasteiger partial charge in [0.15, 0.2) is 5.78 Å². The number of carbonyl (C=O) groups is 3. The number of carboxylic acids is 2. The molecule has 1 unspecified atom stereocenters. The SMILES string of the molecule is CCC(=O)c1ccc2ccccc2c1C(C(=O)O)[n+]1c2ccccc2c(C(=O)O)c2ccccc21. The number of hydrogen-bond donors (Lipinski definition) is 2. The van der Waals surface area contributed by atoms with E-state index in [2.05, 4.69) is 0 Å². The first-order valence-electron chi connectivity index (χ1n) is 11.3. The van der Waals surface area contributed by atoms with Crippen LogP contribution in [0.2, 0.25) is 0 Å². The Bertz CT molecular complexity index is 1610. The van der Waals surface area contributed by atoms with Crippen LogP contribution in [0.1, 0.15) is 45.7 Å². The van der Waals surface area contributed by atoms with Gasteiger partial charge in [-0.15, -0.1) is 0 Å². The lowest BCUT2D eigenvalue weighted by atomic mass is 9.89. The summed E-state index contributed by atoms with van der Waals surface area (Å²) in [6, 6.07) is 23.4. The Morgan fingerprint density at radius 2 is 1.29 bits per heavy atom. The molecular formula is C29H22NO5+. The van der Waals surface area contributed by atoms with Gasteiger partial charge in [-0.25, -0.2) is 9.59 Å². The quantitative estimate of drug-likeness (QED) is 0.199. The van der Waals surface area contributed by atoms with Crippen LogP contribution < -0.4 is 4.57 Å². The Kier molecular flexibility index (Phi) is 5.49. The van der Waals surface area contributed by atoms with Crippen molar-refractivity contribution in [1.82, 2.24) is 0 Å². The number of aromatic nitrogens is 1. The number of ketones is 1. The molecule has 0 fully saturated rings. The van der Waals surface area contributed by atoms with E-state index in [1.807, 2.05) is 30.3 Å². The van der Waals surface area contributed by atoms with Gasteiger partial charge < -0.3 is 10.2 Å². The molecule has 0 bridgehead atoms. The largest absolute Gasteiger partial charge is 0.478 e. The lowest BCUT2D eigenvalue weighted by Gasteiger charge is -2.19. The first-order chi connectivity index (χ1) is 16.9. The highest BCUT2D eigenvalue weighted by Gasteiger charge is 2.39. The molecule has 6 nitrogen and oxygen atoms in total. The minimum absolute atomic E-state index is 0.111. The smallest absolute Gasteiger partial charge is 0.378 e. The molecule has 35 heavy (non-hydrogen) atoms. The summed E-state index contributed by atoms with van der Waals surface area (Å²) in [5.41, 5.74) is 1.77. The molecule has 0 amide bonds. The fraction of sp³-hybridized carbons (Fsp3) is 0.103. The van der Waals surface area contributed by atoms with Crippen molar-refractivity contribution in [3.63, 3.8) is 0 Å². The van der Waals surface area contributed by atoms with E-state index in [0.717, 1.165) is 5.39 Å². The second-order valence-corrected chi connectivity index (χ2v) is 8.35. The zero-order chi connectivity index (χ0) is 24.7. The van der Waals surface area contributed by atoms with Gasteiger partial charge in [0.1, 0.15) is 0 Å². The van der Waals surface area contributed by atoms with E-state index in [1.165, 1.54) is 0 Å². The van der Waals surface area contributed by atoms with Gasteiger partial charge in [-0.2, -0.15) is 4.57 Å². The lowest BCUT2D eigenvalue weighted by Crippen LogP contribution is -2.47. The molecule has 0 aliphatic rings. The fourth-order valence-corrected chi connectivity index (χ4v) is 4.96. The standard InChI is InChI=1S/C29H21NO5/c1-2-24(31)21-16-15-17-9-3-4-10-18(17)25(21)27(29(34)35)30-22-13-7-5-11-19(22)26(28(32)33)20-12-6-8-14-23(20)30/h3-16,27H,2H2,1H3,(H-,32,33,34,35)/p+1. The van der Waals surface area contributed by atoms with E-state index < -0.39 is 18.0 Å². The number of nitrogens with zero attached hydrogens (tertiary/aromatic N) is 1. The van der Waals surface area contributed by atoms with Crippen molar-refractivity contribution in [2.45, 2.75) is 19.4 Å². The molecule has 0 radical (unpaired) electrons. The summed E-state index contributed by atoms with van der Waals surface area (Å²) >= 11 is 0. The first-order valence-corrected chi connectivity index (χ1v) is 11.3. The number of para-hydroxylation sites is 2.